The van der Waals surface area contributed by atoms with Crippen molar-refractivity contribution >= 4 is 33.4 Å². The van der Waals surface area contributed by atoms with Crippen molar-refractivity contribution in [2.24, 2.45) is 23.5 Å². The van der Waals surface area contributed by atoms with Crippen molar-refractivity contribution in [3.63, 3.8) is 0 Å². The third-order valence-electron chi connectivity index (χ3n) is 5.52. The van der Waals surface area contributed by atoms with E-state index in [4.69, 9.17) is 10.5 Å². The van der Waals surface area contributed by atoms with Gasteiger partial charge in [0.25, 0.3) is 5.91 Å². The molecule has 0 radical (unpaired) electrons. The quantitative estimate of drug-likeness (QED) is 0.837. The molecule has 2 N–H and O–H groups in total. The van der Waals surface area contributed by atoms with Gasteiger partial charge in [0.15, 0.2) is 6.61 Å². The molecule has 0 bridgehead atoms. The van der Waals surface area contributed by atoms with Crippen LogP contribution in [-0.4, -0.2) is 49.5 Å². The largest absolute Gasteiger partial charge is 0.482 e. The van der Waals surface area contributed by atoms with Crippen molar-refractivity contribution < 1.29 is 14.3 Å². The highest BCUT2D eigenvalue weighted by molar-refractivity contribution is 9.10. The first-order valence-corrected chi connectivity index (χ1v) is 9.06. The van der Waals surface area contributed by atoms with Crippen LogP contribution >= 0.6 is 15.9 Å². The summed E-state index contributed by atoms with van der Waals surface area (Å²) in [6.45, 7) is 2.32. The van der Waals surface area contributed by atoms with E-state index in [1.807, 2.05) is 23.1 Å². The molecule has 2 aliphatic heterocycles. The Morgan fingerprint density at radius 2 is 2.21 bits per heavy atom. The average Bonchev–Trinajstić information content (AvgIpc) is 2.88. The predicted molar refractivity (Wildman–Crippen MR) is 92.7 cm³/mol. The average molecular weight is 394 g/mol. The fourth-order valence-electron chi connectivity index (χ4n) is 4.11. The predicted octanol–water partition coefficient (Wildman–Crippen LogP) is 1.23. The summed E-state index contributed by atoms with van der Waals surface area (Å²) in [7, 11) is 0. The zero-order valence-electron chi connectivity index (χ0n) is 13.3. The number of carbonyl (C=O) groups excluding carboxylic acids is 2. The second-order valence-electron chi connectivity index (χ2n) is 6.83. The molecular formula is C17H20BrN3O3. The number of hydrogen-bond acceptors (Lipinski definition) is 4. The van der Waals surface area contributed by atoms with Crippen LogP contribution in [0.1, 0.15) is 6.42 Å². The van der Waals surface area contributed by atoms with Crippen LogP contribution in [0.5, 0.6) is 5.75 Å². The monoisotopic (exact) mass is 393 g/mol. The van der Waals surface area contributed by atoms with E-state index in [1.54, 1.807) is 0 Å². The highest BCUT2D eigenvalue weighted by Gasteiger charge is 2.47. The fourth-order valence-corrected chi connectivity index (χ4v) is 4.45. The maximum absolute atomic E-state index is 12.7. The molecule has 0 aromatic heterocycles. The zero-order valence-corrected chi connectivity index (χ0v) is 14.9. The summed E-state index contributed by atoms with van der Waals surface area (Å²) < 4.78 is 6.35. The summed E-state index contributed by atoms with van der Waals surface area (Å²) in [6.07, 6.45) is 1.12. The third-order valence-corrected chi connectivity index (χ3v) is 6.01. The Balaban J connectivity index is 1.47. The molecule has 3 unspecified atom stereocenters. The molecule has 2 amide bonds. The van der Waals surface area contributed by atoms with Crippen molar-refractivity contribution in [2.45, 2.75) is 6.42 Å². The maximum Gasteiger partial charge on any atom is 0.265 e. The number of nitrogens with two attached hydrogens (primary N) is 1. The van der Waals surface area contributed by atoms with Crippen LogP contribution < -0.4 is 15.4 Å². The molecule has 0 spiro atoms. The minimum absolute atomic E-state index is 0.00397. The summed E-state index contributed by atoms with van der Waals surface area (Å²) in [5.74, 6) is 2.13. The molecule has 1 aliphatic carbocycles. The number of hydrogen-bond donors (Lipinski definition) is 1. The lowest BCUT2D eigenvalue weighted by Gasteiger charge is -2.38. The molecule has 1 aromatic rings. The number of fused-ring (bicyclic) bond motifs is 2. The third kappa shape index (κ3) is 2.59. The highest BCUT2D eigenvalue weighted by atomic mass is 79.9. The van der Waals surface area contributed by atoms with E-state index in [1.165, 1.54) is 4.90 Å². The number of amides is 2. The molecule has 4 rings (SSSR count). The van der Waals surface area contributed by atoms with Gasteiger partial charge in [0.05, 0.1) is 5.69 Å². The second-order valence-corrected chi connectivity index (χ2v) is 7.75. The Labute approximate surface area is 149 Å². The van der Waals surface area contributed by atoms with E-state index in [9.17, 15) is 9.59 Å². The number of carbonyl (C=O) groups is 2. The van der Waals surface area contributed by atoms with Gasteiger partial charge in [-0.15, -0.1) is 0 Å². The highest BCUT2D eigenvalue weighted by Crippen LogP contribution is 2.45. The molecule has 128 valence electrons. The van der Waals surface area contributed by atoms with E-state index >= 15 is 0 Å². The molecule has 1 aromatic carbocycles. The number of likely N-dealkylation sites (tertiary alicyclic amines) is 1. The van der Waals surface area contributed by atoms with Crippen molar-refractivity contribution in [1.82, 2.24) is 4.90 Å². The van der Waals surface area contributed by atoms with Gasteiger partial charge in [0, 0.05) is 17.6 Å². The lowest BCUT2D eigenvalue weighted by atomic mass is 9.67. The van der Waals surface area contributed by atoms with Gasteiger partial charge in [-0.25, -0.2) is 0 Å². The lowest BCUT2D eigenvalue weighted by molar-refractivity contribution is -0.131. The van der Waals surface area contributed by atoms with E-state index < -0.39 is 0 Å². The van der Waals surface area contributed by atoms with Gasteiger partial charge in [-0.2, -0.15) is 0 Å². The summed E-state index contributed by atoms with van der Waals surface area (Å²) in [6, 6.07) is 5.48. The molecule has 3 aliphatic rings. The molecule has 2 heterocycles. The molecule has 7 heteroatoms. The number of ether oxygens (including phenoxy) is 1. The molecule has 24 heavy (non-hydrogen) atoms. The van der Waals surface area contributed by atoms with Gasteiger partial charge in [-0.05, 0) is 48.9 Å². The first-order chi connectivity index (χ1) is 11.6. The van der Waals surface area contributed by atoms with Gasteiger partial charge in [0.1, 0.15) is 12.3 Å². The Morgan fingerprint density at radius 3 is 3.00 bits per heavy atom. The number of nitrogens with zero attached hydrogens (tertiary/aromatic N) is 2. The minimum Gasteiger partial charge on any atom is -0.482 e. The molecule has 1 saturated carbocycles. The summed E-state index contributed by atoms with van der Waals surface area (Å²) in [4.78, 5) is 28.4. The van der Waals surface area contributed by atoms with Crippen molar-refractivity contribution in [2.75, 3.05) is 37.7 Å². The summed E-state index contributed by atoms with van der Waals surface area (Å²) >= 11 is 3.39. The van der Waals surface area contributed by atoms with E-state index in [2.05, 4.69) is 15.9 Å². The number of halogens is 1. The zero-order chi connectivity index (χ0) is 16.8. The van der Waals surface area contributed by atoms with E-state index in [0.29, 0.717) is 35.7 Å². The van der Waals surface area contributed by atoms with Gasteiger partial charge in [-0.3, -0.25) is 14.5 Å². The van der Waals surface area contributed by atoms with Crippen molar-refractivity contribution in [3.05, 3.63) is 22.7 Å². The fraction of sp³-hybridized carbons (Fsp3) is 0.529. The topological polar surface area (TPSA) is 75.9 Å². The maximum atomic E-state index is 12.7. The van der Waals surface area contributed by atoms with Crippen LogP contribution in [0.2, 0.25) is 0 Å². The van der Waals surface area contributed by atoms with Gasteiger partial charge in [-0.1, -0.05) is 15.9 Å². The van der Waals surface area contributed by atoms with Crippen molar-refractivity contribution in [3.8, 4) is 5.75 Å². The number of anilines is 1. The van der Waals surface area contributed by atoms with Crippen LogP contribution in [-0.2, 0) is 9.59 Å². The summed E-state index contributed by atoms with van der Waals surface area (Å²) in [5, 5.41) is 0. The Hall–Kier alpha value is -1.60. The van der Waals surface area contributed by atoms with Crippen LogP contribution in [0, 0.1) is 17.8 Å². The van der Waals surface area contributed by atoms with E-state index in [0.717, 1.165) is 24.0 Å². The Morgan fingerprint density at radius 1 is 1.38 bits per heavy atom. The van der Waals surface area contributed by atoms with Gasteiger partial charge < -0.3 is 15.4 Å². The van der Waals surface area contributed by atoms with Crippen molar-refractivity contribution in [1.29, 1.82) is 0 Å². The Kier molecular flexibility index (Phi) is 4.00. The first-order valence-electron chi connectivity index (χ1n) is 8.27. The lowest BCUT2D eigenvalue weighted by Crippen LogP contribution is -2.46. The SMILES string of the molecule is NCC1CC2CN(C(=O)CN3C(=O)COc4cc(Br)ccc43)CC12. The second kappa shape index (κ2) is 6.04. The van der Waals surface area contributed by atoms with Crippen LogP contribution in [0.3, 0.4) is 0 Å². The van der Waals surface area contributed by atoms with Crippen LogP contribution in [0.15, 0.2) is 22.7 Å². The van der Waals surface area contributed by atoms with Crippen LogP contribution in [0.4, 0.5) is 5.69 Å². The smallest absolute Gasteiger partial charge is 0.265 e. The van der Waals surface area contributed by atoms with Gasteiger partial charge >= 0.3 is 0 Å². The molecular weight excluding hydrogens is 374 g/mol. The van der Waals surface area contributed by atoms with E-state index in [-0.39, 0.29) is 25.0 Å². The molecule has 2 fully saturated rings. The molecule has 1 saturated heterocycles. The molecule has 3 atom stereocenters. The summed E-state index contributed by atoms with van der Waals surface area (Å²) in [5.41, 5.74) is 6.43. The van der Waals surface area contributed by atoms with Crippen LogP contribution in [0.25, 0.3) is 0 Å². The number of benzene rings is 1. The normalized spacial score (nSPS) is 28.1. The van der Waals surface area contributed by atoms with Gasteiger partial charge in [0.2, 0.25) is 5.91 Å². The molecule has 6 nitrogen and oxygen atoms in total. The minimum atomic E-state index is -0.180. The Bertz CT molecular complexity index is 696. The number of rotatable bonds is 3. The standard InChI is InChI=1S/C17H20BrN3O3/c18-12-1-2-14-15(4-12)24-9-17(23)21(14)8-16(22)20-6-11-3-10(5-19)13(11)7-20/h1-2,4,10-11,13H,3,5-9,19H2. The first kappa shape index (κ1) is 15.9.